The number of hydrogen-bond acceptors (Lipinski definition) is 5. The van der Waals surface area contributed by atoms with Crippen molar-refractivity contribution in [2.24, 2.45) is 0 Å². The molecule has 1 fully saturated rings. The van der Waals surface area contributed by atoms with Crippen LogP contribution in [0.1, 0.15) is 45.8 Å². The van der Waals surface area contributed by atoms with E-state index in [-0.39, 0.29) is 19.0 Å². The van der Waals surface area contributed by atoms with E-state index in [1.54, 1.807) is 30.0 Å². The lowest BCUT2D eigenvalue weighted by atomic mass is 9.89. The molecule has 4 N–H and O–H groups in total. The summed E-state index contributed by atoms with van der Waals surface area (Å²) >= 11 is 0. The van der Waals surface area contributed by atoms with Crippen molar-refractivity contribution in [3.8, 4) is 6.07 Å². The molecule has 10 nitrogen and oxygen atoms in total. The van der Waals surface area contributed by atoms with Crippen molar-refractivity contribution in [2.45, 2.75) is 25.7 Å². The third kappa shape index (κ3) is 6.80. The molecular formula is C25H27N5O5. The number of nitrogens with zero attached hydrogens (tertiary/aromatic N) is 2. The number of aliphatic carboxylic acids is 1. The fourth-order valence-corrected chi connectivity index (χ4v) is 3.91. The molecule has 1 saturated heterocycles. The van der Waals surface area contributed by atoms with Crippen LogP contribution in [0.2, 0.25) is 0 Å². The molecule has 4 amide bonds. The van der Waals surface area contributed by atoms with Crippen LogP contribution >= 0.6 is 0 Å². The highest BCUT2D eigenvalue weighted by molar-refractivity contribution is 6.31. The van der Waals surface area contributed by atoms with E-state index in [2.05, 4.69) is 22.0 Å². The largest absolute Gasteiger partial charge is 0.474 e. The standard InChI is InChI=1S/C25H27N5O5/c1-16-2-5-20(14-21(16)29-25(35)28-11-10-27-22(31)24(33)34)23(32)30-12-8-19(9-13-30)18-6-3-17(15-26)4-7-18/h2-7,14,19H,8-13H2,1H3,(H,27,31)(H,33,34)(H2,28,29,35). The van der Waals surface area contributed by atoms with E-state index in [9.17, 15) is 19.2 Å². The number of carboxylic acids is 1. The van der Waals surface area contributed by atoms with Gasteiger partial charge in [0.15, 0.2) is 0 Å². The van der Waals surface area contributed by atoms with Gasteiger partial charge in [0.1, 0.15) is 0 Å². The van der Waals surface area contributed by atoms with Gasteiger partial charge in [0, 0.05) is 37.4 Å². The zero-order valence-corrected chi connectivity index (χ0v) is 19.3. The van der Waals surface area contributed by atoms with E-state index in [4.69, 9.17) is 10.4 Å². The van der Waals surface area contributed by atoms with Gasteiger partial charge in [-0.05, 0) is 61.1 Å². The fourth-order valence-electron chi connectivity index (χ4n) is 3.91. The second-order valence-electron chi connectivity index (χ2n) is 8.27. The number of urea groups is 1. The number of likely N-dealkylation sites (tertiary alicyclic amines) is 1. The number of piperidine rings is 1. The summed E-state index contributed by atoms with van der Waals surface area (Å²) in [6.07, 6.45) is 1.66. The Balaban J connectivity index is 1.53. The second-order valence-corrected chi connectivity index (χ2v) is 8.27. The summed E-state index contributed by atoms with van der Waals surface area (Å²) in [5, 5.41) is 24.8. The predicted molar refractivity (Wildman–Crippen MR) is 128 cm³/mol. The van der Waals surface area contributed by atoms with Crippen LogP contribution in [0.15, 0.2) is 42.5 Å². The molecule has 0 spiro atoms. The van der Waals surface area contributed by atoms with Gasteiger partial charge in [0.25, 0.3) is 5.91 Å². The zero-order chi connectivity index (χ0) is 25.4. The number of carbonyl (C=O) groups excluding carboxylic acids is 3. The number of carboxylic acid groups (broad SMARTS) is 1. The lowest BCUT2D eigenvalue weighted by molar-refractivity contribution is -0.150. The Morgan fingerprint density at radius 1 is 1.03 bits per heavy atom. The summed E-state index contributed by atoms with van der Waals surface area (Å²) in [5.41, 5.74) is 3.53. The number of anilines is 1. The summed E-state index contributed by atoms with van der Waals surface area (Å²) in [4.78, 5) is 48.5. The molecule has 2 aromatic rings. The van der Waals surface area contributed by atoms with Crippen molar-refractivity contribution >= 4 is 29.5 Å². The smallest absolute Gasteiger partial charge is 0.394 e. The molecule has 10 heteroatoms. The van der Waals surface area contributed by atoms with Crippen LogP contribution in [0.5, 0.6) is 0 Å². The minimum Gasteiger partial charge on any atom is -0.474 e. The van der Waals surface area contributed by atoms with Crippen LogP contribution in [0.4, 0.5) is 10.5 Å². The number of rotatable bonds is 6. The van der Waals surface area contributed by atoms with Crippen molar-refractivity contribution in [3.05, 3.63) is 64.7 Å². The minimum absolute atomic E-state index is 0.0333. The van der Waals surface area contributed by atoms with E-state index in [0.717, 1.165) is 18.4 Å². The molecule has 0 saturated carbocycles. The third-order valence-electron chi connectivity index (χ3n) is 5.92. The Morgan fingerprint density at radius 3 is 2.31 bits per heavy atom. The summed E-state index contributed by atoms with van der Waals surface area (Å²) in [5.74, 6) is -2.51. The Kier molecular flexibility index (Phi) is 8.40. The minimum atomic E-state index is -1.59. The van der Waals surface area contributed by atoms with Gasteiger partial charge in [-0.25, -0.2) is 9.59 Å². The Hall–Kier alpha value is -4.39. The first-order valence-electron chi connectivity index (χ1n) is 11.2. The molecule has 0 atom stereocenters. The molecule has 0 aliphatic carbocycles. The molecule has 1 heterocycles. The SMILES string of the molecule is Cc1ccc(C(=O)N2CCC(c3ccc(C#N)cc3)CC2)cc1NC(=O)NCCNC(=O)C(=O)O. The first-order chi connectivity index (χ1) is 16.8. The second kappa shape index (κ2) is 11.7. The number of aryl methyl sites for hydroxylation is 1. The maximum Gasteiger partial charge on any atom is 0.394 e. The van der Waals surface area contributed by atoms with E-state index in [1.807, 2.05) is 24.3 Å². The Labute approximate surface area is 202 Å². The lowest BCUT2D eigenvalue weighted by Crippen LogP contribution is -2.39. The molecule has 0 aromatic heterocycles. The number of nitriles is 1. The summed E-state index contributed by atoms with van der Waals surface area (Å²) in [6.45, 7) is 3.04. The van der Waals surface area contributed by atoms with Gasteiger partial charge in [-0.2, -0.15) is 5.26 Å². The van der Waals surface area contributed by atoms with Gasteiger partial charge in [-0.15, -0.1) is 0 Å². The molecule has 182 valence electrons. The van der Waals surface area contributed by atoms with Crippen molar-refractivity contribution in [1.29, 1.82) is 5.26 Å². The van der Waals surface area contributed by atoms with E-state index < -0.39 is 17.9 Å². The van der Waals surface area contributed by atoms with Crippen LogP contribution in [-0.4, -0.2) is 60.0 Å². The molecular weight excluding hydrogens is 450 g/mol. The molecule has 1 aliphatic rings. The maximum absolute atomic E-state index is 13.1. The fraction of sp³-hybridized carbons (Fsp3) is 0.320. The third-order valence-corrected chi connectivity index (χ3v) is 5.92. The molecule has 0 unspecified atom stereocenters. The summed E-state index contributed by atoms with van der Waals surface area (Å²) in [7, 11) is 0. The van der Waals surface area contributed by atoms with Gasteiger partial charge >= 0.3 is 17.9 Å². The number of nitrogens with one attached hydrogen (secondary N) is 3. The highest BCUT2D eigenvalue weighted by atomic mass is 16.4. The Bertz CT molecular complexity index is 1150. The van der Waals surface area contributed by atoms with Gasteiger partial charge in [-0.1, -0.05) is 18.2 Å². The van der Waals surface area contributed by atoms with Crippen LogP contribution in [0.3, 0.4) is 0 Å². The summed E-state index contributed by atoms with van der Waals surface area (Å²) < 4.78 is 0. The van der Waals surface area contributed by atoms with Crippen molar-refractivity contribution in [2.75, 3.05) is 31.5 Å². The average Bonchev–Trinajstić information content (AvgIpc) is 2.87. The number of amides is 4. The number of hydrogen-bond donors (Lipinski definition) is 4. The Morgan fingerprint density at radius 2 is 1.69 bits per heavy atom. The summed E-state index contributed by atoms with van der Waals surface area (Å²) in [6, 6.07) is 14.3. The quantitative estimate of drug-likeness (QED) is 0.370. The van der Waals surface area contributed by atoms with E-state index in [1.165, 1.54) is 5.56 Å². The first-order valence-corrected chi connectivity index (χ1v) is 11.2. The highest BCUT2D eigenvalue weighted by Gasteiger charge is 2.25. The maximum atomic E-state index is 13.1. The lowest BCUT2D eigenvalue weighted by Gasteiger charge is -2.32. The van der Waals surface area contributed by atoms with Gasteiger partial charge < -0.3 is 26.0 Å². The molecule has 35 heavy (non-hydrogen) atoms. The predicted octanol–water partition coefficient (Wildman–Crippen LogP) is 2.21. The van der Waals surface area contributed by atoms with Crippen LogP contribution in [-0.2, 0) is 9.59 Å². The highest BCUT2D eigenvalue weighted by Crippen LogP contribution is 2.29. The van der Waals surface area contributed by atoms with Crippen LogP contribution < -0.4 is 16.0 Å². The number of carbonyl (C=O) groups is 4. The van der Waals surface area contributed by atoms with Gasteiger partial charge in [0.05, 0.1) is 11.6 Å². The van der Waals surface area contributed by atoms with Crippen molar-refractivity contribution < 1.29 is 24.3 Å². The molecule has 2 aromatic carbocycles. The van der Waals surface area contributed by atoms with Gasteiger partial charge in [-0.3, -0.25) is 9.59 Å². The molecule has 0 radical (unpaired) electrons. The van der Waals surface area contributed by atoms with Crippen LogP contribution in [0, 0.1) is 18.3 Å². The van der Waals surface area contributed by atoms with Crippen LogP contribution in [0.25, 0.3) is 0 Å². The molecule has 3 rings (SSSR count). The van der Waals surface area contributed by atoms with Crippen molar-refractivity contribution in [3.63, 3.8) is 0 Å². The average molecular weight is 478 g/mol. The first kappa shape index (κ1) is 25.2. The number of benzene rings is 2. The van der Waals surface area contributed by atoms with E-state index >= 15 is 0 Å². The monoisotopic (exact) mass is 477 g/mol. The molecule has 0 bridgehead atoms. The van der Waals surface area contributed by atoms with E-state index in [0.29, 0.717) is 35.8 Å². The normalized spacial score (nSPS) is 13.4. The molecule has 1 aliphatic heterocycles. The topological polar surface area (TPSA) is 152 Å². The zero-order valence-electron chi connectivity index (χ0n) is 19.3. The van der Waals surface area contributed by atoms with Crippen molar-refractivity contribution in [1.82, 2.24) is 15.5 Å². The van der Waals surface area contributed by atoms with Gasteiger partial charge in [0.2, 0.25) is 0 Å².